The Bertz CT molecular complexity index is 940. The lowest BCUT2D eigenvalue weighted by Gasteiger charge is -2.11. The van der Waals surface area contributed by atoms with Crippen LogP contribution in [0.1, 0.15) is 18.2 Å². The molecular formula is C19H16FN4O+. The minimum absolute atomic E-state index is 0.160. The Morgan fingerprint density at radius 3 is 2.68 bits per heavy atom. The first kappa shape index (κ1) is 16.4. The van der Waals surface area contributed by atoms with E-state index in [4.69, 9.17) is 10.5 Å². The Balaban J connectivity index is 2.05. The Morgan fingerprint density at radius 2 is 1.96 bits per heavy atom. The topological polar surface area (TPSA) is 84.9 Å². The lowest BCUT2D eigenvalue weighted by Crippen LogP contribution is -2.05. The number of aliphatic imine (C=N–C) groups is 1. The standard InChI is InChI=1S/C19H15FN4O/c1-2-22-19-23-10-9-17(24-19)13-5-8-16(21)15(11-13)18(25)12-3-6-14(20)7-4-12/h2-11,21,25H,1H3/p+1/b18-15-,21-16?,22-2+. The van der Waals surface area contributed by atoms with Crippen LogP contribution in [0.5, 0.6) is 0 Å². The summed E-state index contributed by atoms with van der Waals surface area (Å²) in [6.45, 7) is 1.78. The Labute approximate surface area is 144 Å². The summed E-state index contributed by atoms with van der Waals surface area (Å²) in [5, 5.41) is 16.4. The molecule has 2 aromatic rings. The highest BCUT2D eigenvalue weighted by atomic mass is 19.1. The number of nitrogens with zero attached hydrogens (tertiary/aromatic N) is 3. The van der Waals surface area contributed by atoms with E-state index in [0.29, 0.717) is 22.8 Å². The fraction of sp³-hybridized carbons (Fsp3) is 0.0526. The number of aromatic nitrogens is 2. The lowest BCUT2D eigenvalue weighted by atomic mass is 9.95. The average molecular weight is 335 g/mol. The summed E-state index contributed by atoms with van der Waals surface area (Å²) in [7, 11) is 0. The van der Waals surface area contributed by atoms with Crippen molar-refractivity contribution in [2.24, 2.45) is 4.99 Å². The van der Waals surface area contributed by atoms with Crippen molar-refractivity contribution in [3.8, 4) is 0 Å². The van der Waals surface area contributed by atoms with Gasteiger partial charge < -0.3 is 5.11 Å². The van der Waals surface area contributed by atoms with Crippen molar-refractivity contribution in [2.75, 3.05) is 0 Å². The number of rotatable bonds is 3. The predicted molar refractivity (Wildman–Crippen MR) is 97.6 cm³/mol. The molecular weight excluding hydrogens is 319 g/mol. The van der Waals surface area contributed by atoms with Crippen LogP contribution in [0.4, 0.5) is 10.3 Å². The van der Waals surface area contributed by atoms with E-state index < -0.39 is 0 Å². The van der Waals surface area contributed by atoms with Gasteiger partial charge in [0, 0.05) is 18.0 Å². The number of benzene rings is 1. The van der Waals surface area contributed by atoms with Crippen LogP contribution in [-0.4, -0.2) is 27.0 Å². The van der Waals surface area contributed by atoms with Gasteiger partial charge in [0.25, 0.3) is 5.76 Å². The molecule has 1 heterocycles. The van der Waals surface area contributed by atoms with E-state index in [0.717, 1.165) is 5.57 Å². The van der Waals surface area contributed by atoms with Gasteiger partial charge in [0.05, 0.1) is 22.5 Å². The van der Waals surface area contributed by atoms with Crippen molar-refractivity contribution in [3.63, 3.8) is 0 Å². The summed E-state index contributed by atoms with van der Waals surface area (Å²) in [5.74, 6) is 0.152. The maximum Gasteiger partial charge on any atom is 0.270 e. The molecule has 0 spiro atoms. The maximum absolute atomic E-state index is 13.1. The predicted octanol–water partition coefficient (Wildman–Crippen LogP) is 3.45. The molecule has 5 nitrogen and oxygen atoms in total. The first-order valence-electron chi connectivity index (χ1n) is 7.61. The lowest BCUT2D eigenvalue weighted by molar-refractivity contribution is 0.509. The molecule has 0 radical (unpaired) electrons. The first-order valence-corrected chi connectivity index (χ1v) is 7.61. The number of allylic oxidation sites excluding steroid dienone is 5. The van der Waals surface area contributed by atoms with Gasteiger partial charge in [-0.3, -0.25) is 5.41 Å². The van der Waals surface area contributed by atoms with Crippen LogP contribution in [0.3, 0.4) is 0 Å². The van der Waals surface area contributed by atoms with E-state index in [9.17, 15) is 4.39 Å². The van der Waals surface area contributed by atoms with Gasteiger partial charge in [-0.15, -0.1) is 0 Å². The van der Waals surface area contributed by atoms with Crippen molar-refractivity contribution in [1.29, 1.82) is 5.41 Å². The zero-order valence-corrected chi connectivity index (χ0v) is 13.5. The second-order valence-corrected chi connectivity index (χ2v) is 5.27. The second kappa shape index (κ2) is 7.00. The summed E-state index contributed by atoms with van der Waals surface area (Å²) >= 11 is 0. The maximum atomic E-state index is 13.1. The van der Waals surface area contributed by atoms with E-state index in [2.05, 4.69) is 15.0 Å². The van der Waals surface area contributed by atoms with Gasteiger partial charge in [-0.2, -0.15) is 0 Å². The highest BCUT2D eigenvalue weighted by Gasteiger charge is 2.19. The van der Waals surface area contributed by atoms with Crippen molar-refractivity contribution in [2.45, 2.75) is 6.92 Å². The molecule has 0 fully saturated rings. The molecule has 0 aliphatic heterocycles. The minimum Gasteiger partial charge on any atom is -0.592 e. The van der Waals surface area contributed by atoms with E-state index in [1.165, 1.54) is 24.3 Å². The molecule has 0 saturated carbocycles. The normalized spacial score (nSPS) is 16.2. The molecule has 124 valence electrons. The van der Waals surface area contributed by atoms with Crippen LogP contribution in [0.15, 0.2) is 65.3 Å². The van der Waals surface area contributed by atoms with E-state index in [1.54, 1.807) is 43.6 Å². The van der Waals surface area contributed by atoms with Crippen LogP contribution in [0.25, 0.3) is 11.3 Å². The largest absolute Gasteiger partial charge is 0.592 e. The third-order valence-electron chi connectivity index (χ3n) is 3.61. The zero-order valence-electron chi connectivity index (χ0n) is 13.5. The van der Waals surface area contributed by atoms with Crippen molar-refractivity contribution < 1.29 is 9.50 Å². The van der Waals surface area contributed by atoms with Gasteiger partial charge in [-0.1, -0.05) is 6.08 Å². The summed E-state index contributed by atoms with van der Waals surface area (Å²) in [4.78, 5) is 12.5. The fourth-order valence-corrected chi connectivity index (χ4v) is 2.37. The molecule has 1 aromatic heterocycles. The molecule has 3 N–H and O–H groups in total. The fourth-order valence-electron chi connectivity index (χ4n) is 2.37. The van der Waals surface area contributed by atoms with Crippen molar-refractivity contribution in [3.05, 3.63) is 77.4 Å². The summed E-state index contributed by atoms with van der Waals surface area (Å²) in [6.07, 6.45) is 8.35. The Kier molecular flexibility index (Phi) is 4.61. The Morgan fingerprint density at radius 1 is 1.20 bits per heavy atom. The average Bonchev–Trinajstić information content (AvgIpc) is 2.63. The highest BCUT2D eigenvalue weighted by Crippen LogP contribution is 2.27. The summed E-state index contributed by atoms with van der Waals surface area (Å²) in [5.41, 5.74) is 2.63. The quantitative estimate of drug-likeness (QED) is 0.529. The molecule has 1 aromatic carbocycles. The third-order valence-corrected chi connectivity index (χ3v) is 3.61. The third kappa shape index (κ3) is 3.58. The van der Waals surface area contributed by atoms with Crippen LogP contribution in [0.2, 0.25) is 0 Å². The van der Waals surface area contributed by atoms with Crippen LogP contribution in [-0.2, 0) is 0 Å². The number of hydrogen-bond donors (Lipinski definition) is 1. The zero-order chi connectivity index (χ0) is 17.8. The Hall–Kier alpha value is -3.41. The number of nitrogens with one attached hydrogen (secondary N) is 1. The van der Waals surface area contributed by atoms with Gasteiger partial charge in [-0.25, -0.2) is 19.4 Å². The van der Waals surface area contributed by atoms with E-state index in [1.807, 2.05) is 0 Å². The second-order valence-electron chi connectivity index (χ2n) is 5.27. The summed E-state index contributed by atoms with van der Waals surface area (Å²) in [6, 6.07) is 7.41. The molecule has 1 aliphatic carbocycles. The molecule has 0 amide bonds. The van der Waals surface area contributed by atoms with Crippen LogP contribution < -0.4 is 0 Å². The van der Waals surface area contributed by atoms with Crippen molar-refractivity contribution >= 4 is 29.2 Å². The molecule has 0 atom stereocenters. The summed E-state index contributed by atoms with van der Waals surface area (Å²) < 4.78 is 13.1. The molecule has 25 heavy (non-hydrogen) atoms. The smallest absolute Gasteiger partial charge is 0.270 e. The monoisotopic (exact) mass is 335 g/mol. The first-order chi connectivity index (χ1) is 12.1. The molecule has 1 aliphatic rings. The highest BCUT2D eigenvalue weighted by molar-refractivity contribution is 6.16. The van der Waals surface area contributed by atoms with E-state index >= 15 is 0 Å². The van der Waals surface area contributed by atoms with Crippen LogP contribution in [0, 0.1) is 11.2 Å². The van der Waals surface area contributed by atoms with Gasteiger partial charge >= 0.3 is 0 Å². The minimum atomic E-state index is -0.360. The van der Waals surface area contributed by atoms with Crippen molar-refractivity contribution in [1.82, 2.24) is 9.97 Å². The molecule has 6 heteroatoms. The van der Waals surface area contributed by atoms with Gasteiger partial charge in [0.15, 0.2) is 0 Å². The van der Waals surface area contributed by atoms with Gasteiger partial charge in [0.1, 0.15) is 5.82 Å². The van der Waals surface area contributed by atoms with Gasteiger partial charge in [-0.05, 0) is 49.4 Å². The number of halogens is 1. The molecule has 0 bridgehead atoms. The van der Waals surface area contributed by atoms with Crippen LogP contribution >= 0.6 is 0 Å². The van der Waals surface area contributed by atoms with Gasteiger partial charge in [0.2, 0.25) is 5.95 Å². The molecule has 0 unspecified atom stereocenters. The van der Waals surface area contributed by atoms with E-state index in [-0.39, 0.29) is 17.3 Å². The molecule has 3 rings (SSSR count). The molecule has 0 saturated heterocycles. The number of hydrogen-bond acceptors (Lipinski definition) is 4. The SMILES string of the molecule is C/C=N/c1nccc(C2=C/C(=C(/[OH2+])c3ccc(F)cc3)C(=N)C=C2)n1.